The average molecular weight is 306 g/mol. The molecule has 5 nitrogen and oxygen atoms in total. The zero-order chi connectivity index (χ0) is 13.1. The van der Waals surface area contributed by atoms with Crippen LogP contribution in [0.5, 0.6) is 0 Å². The summed E-state index contributed by atoms with van der Waals surface area (Å²) in [6.07, 6.45) is 1.21. The molecule has 0 saturated heterocycles. The van der Waals surface area contributed by atoms with E-state index >= 15 is 0 Å². The highest BCUT2D eigenvalue weighted by Gasteiger charge is 2.15. The number of rotatable bonds is 2. The van der Waals surface area contributed by atoms with E-state index in [0.29, 0.717) is 16.9 Å². The minimum absolute atomic E-state index is 0.141. The van der Waals surface area contributed by atoms with Gasteiger partial charge in [0.2, 0.25) is 5.76 Å². The van der Waals surface area contributed by atoms with Crippen LogP contribution in [0.25, 0.3) is 0 Å². The van der Waals surface area contributed by atoms with E-state index in [-0.39, 0.29) is 5.76 Å². The molecule has 0 bridgehead atoms. The maximum atomic E-state index is 11.9. The summed E-state index contributed by atoms with van der Waals surface area (Å²) < 4.78 is 5.75. The van der Waals surface area contributed by atoms with Gasteiger partial charge in [0.15, 0.2) is 6.39 Å². The largest absolute Gasteiger partial charge is 0.438 e. The zero-order valence-electron chi connectivity index (χ0n) is 9.40. The summed E-state index contributed by atoms with van der Waals surface area (Å²) in [5.74, 6) is -0.286. The van der Waals surface area contributed by atoms with Crippen molar-refractivity contribution in [1.29, 1.82) is 5.26 Å². The topological polar surface area (TPSA) is 78.9 Å². The van der Waals surface area contributed by atoms with Crippen molar-refractivity contribution in [2.24, 2.45) is 0 Å². The predicted octanol–water partition coefficient (Wildman–Crippen LogP) is 2.87. The van der Waals surface area contributed by atoms with Gasteiger partial charge in [-0.15, -0.1) is 0 Å². The van der Waals surface area contributed by atoms with Crippen molar-refractivity contribution in [3.05, 3.63) is 46.1 Å². The summed E-state index contributed by atoms with van der Waals surface area (Å²) in [6.45, 7) is 1.67. The first kappa shape index (κ1) is 12.3. The van der Waals surface area contributed by atoms with E-state index in [1.807, 2.05) is 6.07 Å². The van der Waals surface area contributed by atoms with E-state index in [2.05, 4.69) is 26.2 Å². The first-order valence-corrected chi connectivity index (χ1v) is 5.82. The van der Waals surface area contributed by atoms with Crippen LogP contribution in [0, 0.1) is 18.3 Å². The van der Waals surface area contributed by atoms with Gasteiger partial charge in [0.1, 0.15) is 6.07 Å². The molecule has 0 aliphatic carbocycles. The second-order valence-corrected chi connectivity index (χ2v) is 4.44. The van der Waals surface area contributed by atoms with Gasteiger partial charge < -0.3 is 9.73 Å². The van der Waals surface area contributed by atoms with Crippen LogP contribution in [0.15, 0.2) is 33.5 Å². The smallest absolute Gasteiger partial charge is 0.293 e. The average Bonchev–Trinajstić information content (AvgIpc) is 2.77. The summed E-state index contributed by atoms with van der Waals surface area (Å²) in [5, 5.41) is 11.6. The normalized spacial score (nSPS) is 9.83. The van der Waals surface area contributed by atoms with Crippen molar-refractivity contribution in [1.82, 2.24) is 4.98 Å². The number of oxazole rings is 1. The molecule has 0 aliphatic heterocycles. The summed E-state index contributed by atoms with van der Waals surface area (Å²) in [7, 11) is 0. The highest BCUT2D eigenvalue weighted by molar-refractivity contribution is 9.10. The third-order valence-corrected chi connectivity index (χ3v) is 2.80. The van der Waals surface area contributed by atoms with Crippen LogP contribution in [0.1, 0.15) is 21.8 Å². The van der Waals surface area contributed by atoms with Crippen molar-refractivity contribution in [2.45, 2.75) is 6.92 Å². The van der Waals surface area contributed by atoms with Gasteiger partial charge in [0.05, 0.1) is 16.9 Å². The second-order valence-electron chi connectivity index (χ2n) is 3.52. The molecule has 2 rings (SSSR count). The van der Waals surface area contributed by atoms with Gasteiger partial charge in [-0.1, -0.05) is 15.9 Å². The minimum atomic E-state index is -0.427. The summed E-state index contributed by atoms with van der Waals surface area (Å²) in [4.78, 5) is 15.7. The number of hydrogen-bond acceptors (Lipinski definition) is 4. The van der Waals surface area contributed by atoms with Gasteiger partial charge in [-0.25, -0.2) is 4.98 Å². The summed E-state index contributed by atoms with van der Waals surface area (Å²) in [5.41, 5.74) is 1.31. The molecule has 1 aromatic heterocycles. The van der Waals surface area contributed by atoms with Gasteiger partial charge in [0.25, 0.3) is 5.91 Å². The van der Waals surface area contributed by atoms with Gasteiger partial charge in [0, 0.05) is 4.47 Å². The molecule has 2 aromatic rings. The molecule has 0 radical (unpaired) electrons. The number of nitriles is 1. The molecule has 0 atom stereocenters. The van der Waals surface area contributed by atoms with Crippen LogP contribution in [-0.2, 0) is 0 Å². The zero-order valence-corrected chi connectivity index (χ0v) is 11.0. The van der Waals surface area contributed by atoms with Crippen molar-refractivity contribution in [3.63, 3.8) is 0 Å². The molecule has 1 N–H and O–H groups in total. The molecule has 18 heavy (non-hydrogen) atoms. The van der Waals surface area contributed by atoms with Gasteiger partial charge >= 0.3 is 0 Å². The summed E-state index contributed by atoms with van der Waals surface area (Å²) >= 11 is 3.26. The number of carbonyl (C=O) groups is 1. The SMILES string of the molecule is Cc1ncoc1C(=O)Nc1ccc(Br)cc1C#N. The Kier molecular flexibility index (Phi) is 3.44. The Balaban J connectivity index is 2.28. The lowest BCUT2D eigenvalue weighted by molar-refractivity contribution is 0.0996. The number of amides is 1. The first-order valence-electron chi connectivity index (χ1n) is 5.03. The Morgan fingerprint density at radius 1 is 1.56 bits per heavy atom. The Morgan fingerprint density at radius 2 is 2.33 bits per heavy atom. The number of anilines is 1. The fourth-order valence-corrected chi connectivity index (χ4v) is 1.78. The van der Waals surface area contributed by atoms with Crippen LogP contribution in [0.2, 0.25) is 0 Å². The third-order valence-electron chi connectivity index (χ3n) is 2.30. The summed E-state index contributed by atoms with van der Waals surface area (Å²) in [6, 6.07) is 7.02. The van der Waals surface area contributed by atoms with E-state index in [1.165, 1.54) is 6.39 Å². The van der Waals surface area contributed by atoms with E-state index in [9.17, 15) is 4.79 Å². The number of aromatic nitrogens is 1. The van der Waals surface area contributed by atoms with E-state index in [4.69, 9.17) is 9.68 Å². The van der Waals surface area contributed by atoms with Gasteiger partial charge in [-0.05, 0) is 25.1 Å². The maximum absolute atomic E-state index is 11.9. The molecule has 1 heterocycles. The lowest BCUT2D eigenvalue weighted by Crippen LogP contribution is -2.13. The molecule has 0 fully saturated rings. The Bertz CT molecular complexity index is 643. The fourth-order valence-electron chi connectivity index (χ4n) is 1.42. The molecular formula is C12H8BrN3O2. The van der Waals surface area contributed by atoms with Crippen LogP contribution >= 0.6 is 15.9 Å². The molecule has 0 spiro atoms. The molecule has 0 unspecified atom stereocenters. The van der Waals surface area contributed by atoms with Crippen molar-refractivity contribution in [3.8, 4) is 6.07 Å². The standard InChI is InChI=1S/C12H8BrN3O2/c1-7-11(18-6-15-7)12(17)16-10-3-2-9(13)4-8(10)5-14/h2-4,6H,1H3,(H,16,17). The molecular weight excluding hydrogens is 298 g/mol. The maximum Gasteiger partial charge on any atom is 0.293 e. The predicted molar refractivity (Wildman–Crippen MR) is 68.1 cm³/mol. The molecule has 90 valence electrons. The Labute approximate surface area is 112 Å². The lowest BCUT2D eigenvalue weighted by Gasteiger charge is -2.05. The fraction of sp³-hybridized carbons (Fsp3) is 0.0833. The number of nitrogens with zero attached hydrogens (tertiary/aromatic N) is 2. The van der Waals surface area contributed by atoms with E-state index < -0.39 is 5.91 Å². The minimum Gasteiger partial charge on any atom is -0.438 e. The first-order chi connectivity index (χ1) is 8.61. The lowest BCUT2D eigenvalue weighted by atomic mass is 10.2. The molecule has 0 aliphatic rings. The van der Waals surface area contributed by atoms with Crippen LogP contribution in [-0.4, -0.2) is 10.9 Å². The van der Waals surface area contributed by atoms with Crippen LogP contribution < -0.4 is 5.32 Å². The third kappa shape index (κ3) is 2.41. The molecule has 1 amide bonds. The number of aryl methyl sites for hydroxylation is 1. The van der Waals surface area contributed by atoms with Crippen molar-refractivity contribution in [2.75, 3.05) is 5.32 Å². The van der Waals surface area contributed by atoms with Crippen LogP contribution in [0.3, 0.4) is 0 Å². The van der Waals surface area contributed by atoms with Crippen LogP contribution in [0.4, 0.5) is 5.69 Å². The Hall–Kier alpha value is -2.13. The molecule has 6 heteroatoms. The monoisotopic (exact) mass is 305 g/mol. The molecule has 0 saturated carbocycles. The number of hydrogen-bond donors (Lipinski definition) is 1. The Morgan fingerprint density at radius 3 is 2.94 bits per heavy atom. The van der Waals surface area contributed by atoms with Gasteiger partial charge in [-0.2, -0.15) is 5.26 Å². The van der Waals surface area contributed by atoms with Crippen molar-refractivity contribution < 1.29 is 9.21 Å². The number of halogens is 1. The number of nitrogens with one attached hydrogen (secondary N) is 1. The van der Waals surface area contributed by atoms with Crippen molar-refractivity contribution >= 4 is 27.5 Å². The van der Waals surface area contributed by atoms with E-state index in [0.717, 1.165) is 4.47 Å². The van der Waals surface area contributed by atoms with E-state index in [1.54, 1.807) is 25.1 Å². The molecule has 1 aromatic carbocycles. The van der Waals surface area contributed by atoms with Gasteiger partial charge in [-0.3, -0.25) is 4.79 Å². The number of benzene rings is 1. The highest BCUT2D eigenvalue weighted by atomic mass is 79.9. The number of carbonyl (C=O) groups excluding carboxylic acids is 1. The second kappa shape index (κ2) is 5.02. The quantitative estimate of drug-likeness (QED) is 0.925. The highest BCUT2D eigenvalue weighted by Crippen LogP contribution is 2.21.